The third-order valence-corrected chi connectivity index (χ3v) is 2.54. The third kappa shape index (κ3) is 3.69. The molecule has 0 amide bonds. The van der Waals surface area contributed by atoms with Crippen molar-refractivity contribution < 1.29 is 8.42 Å². The molecule has 0 radical (unpaired) electrons. The lowest BCUT2D eigenvalue weighted by molar-refractivity contribution is 0.599. The van der Waals surface area contributed by atoms with Gasteiger partial charge >= 0.3 is 0 Å². The second kappa shape index (κ2) is 4.01. The van der Waals surface area contributed by atoms with Crippen LogP contribution >= 0.6 is 11.8 Å². The first kappa shape index (κ1) is 10.4. The highest BCUT2D eigenvalue weighted by Crippen LogP contribution is 2.07. The number of sulfone groups is 1. The van der Waals surface area contributed by atoms with E-state index in [1.165, 1.54) is 18.0 Å². The lowest BCUT2D eigenvalue weighted by atomic mass is 10.5. The van der Waals surface area contributed by atoms with Crippen LogP contribution in [0.1, 0.15) is 5.69 Å². The van der Waals surface area contributed by atoms with Gasteiger partial charge in [0.1, 0.15) is 0 Å². The van der Waals surface area contributed by atoms with Crippen molar-refractivity contribution in [3.8, 4) is 0 Å². The fourth-order valence-corrected chi connectivity index (χ4v) is 1.76. The fraction of sp³-hybridized carbons (Fsp3) is 0.500. The molecule has 13 heavy (non-hydrogen) atoms. The zero-order chi connectivity index (χ0) is 9.90. The first-order valence-corrected chi connectivity index (χ1v) is 6.70. The van der Waals surface area contributed by atoms with Gasteiger partial charge in [-0.1, -0.05) is 11.8 Å². The Kier molecular flexibility index (Phi) is 3.21. The quantitative estimate of drug-likeness (QED) is 0.673. The molecule has 0 unspecified atom stereocenters. The summed E-state index contributed by atoms with van der Waals surface area (Å²) in [5, 5.41) is 7.82. The summed E-state index contributed by atoms with van der Waals surface area (Å²) in [6.45, 7) is 0. The molecule has 1 heterocycles. The van der Waals surface area contributed by atoms with Crippen molar-refractivity contribution in [3.05, 3.63) is 11.9 Å². The van der Waals surface area contributed by atoms with Gasteiger partial charge < -0.3 is 0 Å². The van der Waals surface area contributed by atoms with Crippen molar-refractivity contribution in [3.63, 3.8) is 0 Å². The molecule has 0 aliphatic heterocycles. The van der Waals surface area contributed by atoms with Crippen LogP contribution in [-0.2, 0) is 15.6 Å². The second-order valence-corrected chi connectivity index (χ2v) is 5.42. The van der Waals surface area contributed by atoms with E-state index in [0.717, 1.165) is 6.26 Å². The van der Waals surface area contributed by atoms with Crippen LogP contribution < -0.4 is 0 Å². The Morgan fingerprint density at radius 3 is 2.77 bits per heavy atom. The number of hydrogen-bond donors (Lipinski definition) is 0. The minimum atomic E-state index is -3.04. The van der Waals surface area contributed by atoms with Gasteiger partial charge in [-0.15, -0.1) is 5.10 Å². The Labute approximate surface area is 80.9 Å². The van der Waals surface area contributed by atoms with E-state index in [4.69, 9.17) is 0 Å². The Morgan fingerprint density at radius 1 is 1.54 bits per heavy atom. The molecule has 0 aromatic carbocycles. The first-order chi connectivity index (χ1) is 6.01. The molecule has 5 nitrogen and oxygen atoms in total. The number of aromatic nitrogens is 3. The Hall–Kier alpha value is -0.690. The summed E-state index contributed by atoms with van der Waals surface area (Å²) in [4.78, 5) is 3.99. The lowest BCUT2D eigenvalue weighted by Gasteiger charge is -1.98. The van der Waals surface area contributed by atoms with E-state index in [-0.39, 0.29) is 5.75 Å². The molecule has 7 heteroatoms. The van der Waals surface area contributed by atoms with Gasteiger partial charge in [0.05, 0.1) is 17.6 Å². The summed E-state index contributed by atoms with van der Waals surface area (Å²) >= 11 is 1.33. The standard InChI is InChI=1S/C6H9N3O2S2/c1-12-6-8-5(3-7-9-6)4-13(2,10)11/h3H,4H2,1-2H3. The van der Waals surface area contributed by atoms with Crippen molar-refractivity contribution in [2.24, 2.45) is 0 Å². The van der Waals surface area contributed by atoms with Gasteiger partial charge in [-0.25, -0.2) is 13.4 Å². The molecule has 1 aromatic rings. The van der Waals surface area contributed by atoms with E-state index in [1.54, 1.807) is 6.26 Å². The predicted octanol–water partition coefficient (Wildman–Crippen LogP) is 0.138. The van der Waals surface area contributed by atoms with Gasteiger partial charge in [0.25, 0.3) is 0 Å². The molecular weight excluding hydrogens is 210 g/mol. The monoisotopic (exact) mass is 219 g/mol. The Bertz CT molecular complexity index is 391. The number of hydrogen-bond acceptors (Lipinski definition) is 6. The van der Waals surface area contributed by atoms with Crippen molar-refractivity contribution in [2.45, 2.75) is 10.9 Å². The highest BCUT2D eigenvalue weighted by atomic mass is 32.2. The molecule has 0 spiro atoms. The SMILES string of the molecule is CSc1nncc(CS(C)(=O)=O)n1. The maximum Gasteiger partial charge on any atom is 0.209 e. The van der Waals surface area contributed by atoms with E-state index in [9.17, 15) is 8.42 Å². The lowest BCUT2D eigenvalue weighted by Crippen LogP contribution is -2.04. The fourth-order valence-electron chi connectivity index (χ4n) is 0.744. The van der Waals surface area contributed by atoms with Crippen LogP contribution in [-0.4, -0.2) is 36.1 Å². The van der Waals surface area contributed by atoms with Crippen LogP contribution in [0, 0.1) is 0 Å². The molecule has 0 N–H and O–H groups in total. The molecule has 0 saturated heterocycles. The summed E-state index contributed by atoms with van der Waals surface area (Å²) in [6, 6.07) is 0. The minimum Gasteiger partial charge on any atom is -0.229 e. The number of rotatable bonds is 3. The summed E-state index contributed by atoms with van der Waals surface area (Å²) in [7, 11) is -3.04. The molecule has 0 aliphatic carbocycles. The van der Waals surface area contributed by atoms with Crippen LogP contribution in [0.15, 0.2) is 11.4 Å². The second-order valence-electron chi connectivity index (χ2n) is 2.50. The summed E-state index contributed by atoms with van der Waals surface area (Å²) < 4.78 is 21.8. The van der Waals surface area contributed by atoms with Crippen LogP contribution in [0.4, 0.5) is 0 Å². The van der Waals surface area contributed by atoms with Gasteiger partial charge in [0.2, 0.25) is 5.16 Å². The van der Waals surface area contributed by atoms with Crippen LogP contribution in [0.2, 0.25) is 0 Å². The predicted molar refractivity (Wildman–Crippen MR) is 50.2 cm³/mol. The number of thioether (sulfide) groups is 1. The zero-order valence-corrected chi connectivity index (χ0v) is 8.89. The summed E-state index contributed by atoms with van der Waals surface area (Å²) in [6.07, 6.45) is 4.33. The average Bonchev–Trinajstić information content (AvgIpc) is 2.01. The molecule has 1 rings (SSSR count). The third-order valence-electron chi connectivity index (χ3n) is 1.18. The molecule has 0 aliphatic rings. The van der Waals surface area contributed by atoms with Gasteiger partial charge in [-0.3, -0.25) is 0 Å². The summed E-state index contributed by atoms with van der Waals surface area (Å²) in [5.74, 6) is -0.0872. The van der Waals surface area contributed by atoms with Gasteiger partial charge in [-0.2, -0.15) is 5.10 Å². The van der Waals surface area contributed by atoms with E-state index in [2.05, 4.69) is 15.2 Å². The van der Waals surface area contributed by atoms with Gasteiger partial charge in [0.15, 0.2) is 9.84 Å². The highest BCUT2D eigenvalue weighted by molar-refractivity contribution is 7.98. The molecule has 0 bridgehead atoms. The zero-order valence-electron chi connectivity index (χ0n) is 7.26. The topological polar surface area (TPSA) is 72.8 Å². The summed E-state index contributed by atoms with van der Waals surface area (Å²) in [5.41, 5.74) is 0.432. The Balaban J connectivity index is 2.90. The van der Waals surface area contributed by atoms with Crippen molar-refractivity contribution >= 4 is 21.6 Å². The van der Waals surface area contributed by atoms with Crippen molar-refractivity contribution in [1.82, 2.24) is 15.2 Å². The van der Waals surface area contributed by atoms with Crippen LogP contribution in [0.25, 0.3) is 0 Å². The molecule has 0 saturated carbocycles. The molecular formula is C6H9N3O2S2. The normalized spacial score (nSPS) is 11.5. The van der Waals surface area contributed by atoms with E-state index in [0.29, 0.717) is 10.9 Å². The molecule has 0 atom stereocenters. The molecule has 72 valence electrons. The average molecular weight is 219 g/mol. The van der Waals surface area contributed by atoms with Crippen LogP contribution in [0.5, 0.6) is 0 Å². The van der Waals surface area contributed by atoms with Gasteiger partial charge in [-0.05, 0) is 6.26 Å². The van der Waals surface area contributed by atoms with Crippen LogP contribution in [0.3, 0.4) is 0 Å². The molecule has 0 fully saturated rings. The van der Waals surface area contributed by atoms with E-state index in [1.807, 2.05) is 0 Å². The Morgan fingerprint density at radius 2 is 2.23 bits per heavy atom. The molecule has 1 aromatic heterocycles. The van der Waals surface area contributed by atoms with Crippen molar-refractivity contribution in [2.75, 3.05) is 12.5 Å². The largest absolute Gasteiger partial charge is 0.229 e. The van der Waals surface area contributed by atoms with Gasteiger partial charge in [0, 0.05) is 6.26 Å². The highest BCUT2D eigenvalue weighted by Gasteiger charge is 2.07. The van der Waals surface area contributed by atoms with E-state index >= 15 is 0 Å². The first-order valence-electron chi connectivity index (χ1n) is 3.41. The smallest absolute Gasteiger partial charge is 0.209 e. The number of nitrogens with zero attached hydrogens (tertiary/aromatic N) is 3. The maximum absolute atomic E-state index is 10.9. The van der Waals surface area contributed by atoms with Crippen molar-refractivity contribution in [1.29, 1.82) is 0 Å². The van der Waals surface area contributed by atoms with E-state index < -0.39 is 9.84 Å². The maximum atomic E-state index is 10.9. The minimum absolute atomic E-state index is 0.0872.